The molecule has 1 aromatic rings. The molecule has 1 atom stereocenters. The van der Waals surface area contributed by atoms with Crippen molar-refractivity contribution >= 4 is 23.1 Å². The number of cyclic esters (lactones) is 1. The minimum atomic E-state index is -0.906. The van der Waals surface area contributed by atoms with Crippen molar-refractivity contribution in [3.05, 3.63) is 16.1 Å². The molecule has 0 N–H and O–H groups in total. The van der Waals surface area contributed by atoms with Gasteiger partial charge in [-0.1, -0.05) is 0 Å². The van der Waals surface area contributed by atoms with Gasteiger partial charge in [-0.15, -0.1) is 11.3 Å². The second kappa shape index (κ2) is 4.56. The van der Waals surface area contributed by atoms with Crippen LogP contribution in [0.3, 0.4) is 0 Å². The predicted molar refractivity (Wildman–Crippen MR) is 63.9 cm³/mol. The molecule has 0 saturated carbocycles. The van der Waals surface area contributed by atoms with Crippen LogP contribution in [0.2, 0.25) is 0 Å². The first-order valence-corrected chi connectivity index (χ1v) is 6.51. The summed E-state index contributed by atoms with van der Waals surface area (Å²) in [6.07, 6.45) is 1.76. The fraction of sp³-hybridized carbons (Fsp3) is 0.583. The Morgan fingerprint density at radius 2 is 2.41 bits per heavy atom. The SMILES string of the molecule is CC(=O)C1(CCc2scnc2C)CCOC1=O. The van der Waals surface area contributed by atoms with E-state index in [0.29, 0.717) is 25.9 Å². The lowest BCUT2D eigenvalue weighted by molar-refractivity contribution is -0.151. The number of hydrogen-bond donors (Lipinski definition) is 0. The van der Waals surface area contributed by atoms with E-state index in [-0.39, 0.29) is 11.8 Å². The summed E-state index contributed by atoms with van der Waals surface area (Å²) in [7, 11) is 0. The Bertz CT molecular complexity index is 454. The molecule has 1 saturated heterocycles. The number of Topliss-reactive ketones (excluding diaryl/α,β-unsaturated/α-hetero) is 1. The van der Waals surface area contributed by atoms with Gasteiger partial charge in [0.1, 0.15) is 11.2 Å². The molecule has 5 heteroatoms. The molecule has 1 fully saturated rings. The van der Waals surface area contributed by atoms with Crippen molar-refractivity contribution < 1.29 is 14.3 Å². The maximum atomic E-state index is 11.7. The van der Waals surface area contributed by atoms with Crippen molar-refractivity contribution in [3.63, 3.8) is 0 Å². The Hall–Kier alpha value is -1.23. The third-order valence-electron chi connectivity index (χ3n) is 3.45. The molecule has 0 aliphatic carbocycles. The fourth-order valence-corrected chi connectivity index (χ4v) is 2.96. The number of carbonyl (C=O) groups excluding carboxylic acids is 2. The Morgan fingerprint density at radius 3 is 2.88 bits per heavy atom. The number of ketones is 1. The molecule has 0 bridgehead atoms. The number of aryl methyl sites for hydroxylation is 2. The average Bonchev–Trinajstić information content (AvgIpc) is 2.83. The van der Waals surface area contributed by atoms with Gasteiger partial charge in [-0.05, 0) is 26.7 Å². The number of carbonyl (C=O) groups is 2. The highest BCUT2D eigenvalue weighted by atomic mass is 32.1. The van der Waals surface area contributed by atoms with Crippen molar-refractivity contribution in [3.8, 4) is 0 Å². The maximum Gasteiger partial charge on any atom is 0.319 e. The number of thiazole rings is 1. The number of aromatic nitrogens is 1. The van der Waals surface area contributed by atoms with Gasteiger partial charge in [0.2, 0.25) is 0 Å². The van der Waals surface area contributed by atoms with E-state index in [1.54, 1.807) is 16.8 Å². The number of nitrogens with zero attached hydrogens (tertiary/aromatic N) is 1. The van der Waals surface area contributed by atoms with E-state index in [1.807, 2.05) is 6.92 Å². The molecular formula is C12H15NO3S. The second-order valence-corrected chi connectivity index (χ2v) is 5.32. The zero-order chi connectivity index (χ0) is 12.5. The largest absolute Gasteiger partial charge is 0.465 e. The summed E-state index contributed by atoms with van der Waals surface area (Å²) >= 11 is 1.57. The van der Waals surface area contributed by atoms with Crippen LogP contribution in [0.5, 0.6) is 0 Å². The van der Waals surface area contributed by atoms with Crippen molar-refractivity contribution in [1.82, 2.24) is 4.98 Å². The van der Waals surface area contributed by atoms with E-state index in [9.17, 15) is 9.59 Å². The Balaban J connectivity index is 2.12. The molecule has 4 nitrogen and oxygen atoms in total. The van der Waals surface area contributed by atoms with Crippen molar-refractivity contribution in [2.24, 2.45) is 5.41 Å². The molecule has 0 radical (unpaired) electrons. The molecule has 2 rings (SSSR count). The predicted octanol–water partition coefficient (Wildman–Crippen LogP) is 1.91. The molecule has 2 heterocycles. The quantitative estimate of drug-likeness (QED) is 0.607. The van der Waals surface area contributed by atoms with Crippen molar-refractivity contribution in [2.45, 2.75) is 33.1 Å². The summed E-state index contributed by atoms with van der Waals surface area (Å²) in [4.78, 5) is 28.7. The van der Waals surface area contributed by atoms with Crippen LogP contribution in [0.1, 0.15) is 30.3 Å². The Kier molecular flexibility index (Phi) is 3.28. The van der Waals surface area contributed by atoms with E-state index in [4.69, 9.17) is 4.74 Å². The van der Waals surface area contributed by atoms with Gasteiger partial charge in [0, 0.05) is 11.3 Å². The standard InChI is InChI=1S/C12H15NO3S/c1-8-10(17-7-13-8)3-4-12(9(2)14)5-6-16-11(12)15/h7H,3-6H2,1-2H3. The van der Waals surface area contributed by atoms with Gasteiger partial charge in [-0.2, -0.15) is 0 Å². The van der Waals surface area contributed by atoms with Gasteiger partial charge in [-0.3, -0.25) is 9.59 Å². The number of hydrogen-bond acceptors (Lipinski definition) is 5. The number of esters is 1. The first-order chi connectivity index (χ1) is 8.06. The normalized spacial score (nSPS) is 23.8. The molecule has 1 aromatic heterocycles. The van der Waals surface area contributed by atoms with Crippen LogP contribution in [0.25, 0.3) is 0 Å². The third kappa shape index (κ3) is 2.11. The first-order valence-electron chi connectivity index (χ1n) is 5.63. The van der Waals surface area contributed by atoms with E-state index < -0.39 is 5.41 Å². The van der Waals surface area contributed by atoms with Gasteiger partial charge >= 0.3 is 5.97 Å². The minimum Gasteiger partial charge on any atom is -0.465 e. The van der Waals surface area contributed by atoms with Crippen molar-refractivity contribution in [2.75, 3.05) is 6.61 Å². The van der Waals surface area contributed by atoms with Gasteiger partial charge < -0.3 is 4.74 Å². The summed E-state index contributed by atoms with van der Waals surface area (Å²) in [6, 6.07) is 0. The van der Waals surface area contributed by atoms with Crippen LogP contribution in [0.15, 0.2) is 5.51 Å². The summed E-state index contributed by atoms with van der Waals surface area (Å²) in [5, 5.41) is 0. The van der Waals surface area contributed by atoms with E-state index in [1.165, 1.54) is 6.92 Å². The van der Waals surface area contributed by atoms with Crippen LogP contribution in [0.4, 0.5) is 0 Å². The molecule has 0 amide bonds. The van der Waals surface area contributed by atoms with Gasteiger partial charge in [0.05, 0.1) is 17.8 Å². The van der Waals surface area contributed by atoms with Gasteiger partial charge in [-0.25, -0.2) is 4.98 Å². The highest BCUT2D eigenvalue weighted by Crippen LogP contribution is 2.36. The van der Waals surface area contributed by atoms with E-state index in [0.717, 1.165) is 10.6 Å². The fourth-order valence-electron chi connectivity index (χ4n) is 2.17. The summed E-state index contributed by atoms with van der Waals surface area (Å²) in [5.41, 5.74) is 1.87. The number of rotatable bonds is 4. The van der Waals surface area contributed by atoms with Crippen LogP contribution >= 0.6 is 11.3 Å². The minimum absolute atomic E-state index is 0.0813. The van der Waals surface area contributed by atoms with Crippen LogP contribution < -0.4 is 0 Å². The van der Waals surface area contributed by atoms with Gasteiger partial charge in [0.25, 0.3) is 0 Å². The zero-order valence-corrected chi connectivity index (χ0v) is 10.8. The topological polar surface area (TPSA) is 56.3 Å². The van der Waals surface area contributed by atoms with Crippen LogP contribution in [-0.4, -0.2) is 23.3 Å². The van der Waals surface area contributed by atoms with Crippen molar-refractivity contribution in [1.29, 1.82) is 0 Å². The van der Waals surface area contributed by atoms with Crippen LogP contribution in [-0.2, 0) is 20.7 Å². The third-order valence-corrected chi connectivity index (χ3v) is 4.45. The zero-order valence-electron chi connectivity index (χ0n) is 9.99. The highest BCUT2D eigenvalue weighted by Gasteiger charge is 2.48. The smallest absolute Gasteiger partial charge is 0.319 e. The van der Waals surface area contributed by atoms with Gasteiger partial charge in [0.15, 0.2) is 0 Å². The second-order valence-electron chi connectivity index (χ2n) is 4.39. The molecule has 0 aromatic carbocycles. The average molecular weight is 253 g/mol. The molecular weight excluding hydrogens is 238 g/mol. The molecule has 1 aliphatic rings. The maximum absolute atomic E-state index is 11.7. The lowest BCUT2D eigenvalue weighted by Gasteiger charge is -2.20. The van der Waals surface area contributed by atoms with E-state index >= 15 is 0 Å². The molecule has 1 aliphatic heterocycles. The Labute approximate surface area is 104 Å². The monoisotopic (exact) mass is 253 g/mol. The molecule has 92 valence electrons. The Morgan fingerprint density at radius 1 is 1.65 bits per heavy atom. The molecule has 0 spiro atoms. The first kappa shape index (κ1) is 12.2. The number of ether oxygens (including phenoxy) is 1. The summed E-state index contributed by atoms with van der Waals surface area (Å²) < 4.78 is 4.96. The molecule has 17 heavy (non-hydrogen) atoms. The summed E-state index contributed by atoms with van der Waals surface area (Å²) in [5.74, 6) is -0.436. The van der Waals surface area contributed by atoms with Crippen LogP contribution in [0, 0.1) is 12.3 Å². The lowest BCUT2D eigenvalue weighted by Crippen LogP contribution is -2.34. The molecule has 1 unspecified atom stereocenters. The lowest BCUT2D eigenvalue weighted by atomic mass is 9.78. The van der Waals surface area contributed by atoms with E-state index in [2.05, 4.69) is 4.98 Å². The summed E-state index contributed by atoms with van der Waals surface area (Å²) in [6.45, 7) is 3.78. The highest BCUT2D eigenvalue weighted by molar-refractivity contribution is 7.09.